The standard InChI is InChI=1S/C14H26N2O2/c1-15-9-8-13-14(17)16(10-11-18-13)12-6-4-2-3-5-7-12/h12-13,15H,2-11H2,1H3. The third-order valence-corrected chi connectivity index (χ3v) is 4.13. The molecular weight excluding hydrogens is 228 g/mol. The summed E-state index contributed by atoms with van der Waals surface area (Å²) in [6, 6.07) is 0.473. The van der Waals surface area contributed by atoms with Crippen LogP contribution in [0, 0.1) is 0 Å². The molecule has 1 aliphatic carbocycles. The Hall–Kier alpha value is -0.610. The van der Waals surface area contributed by atoms with Gasteiger partial charge in [0.1, 0.15) is 6.10 Å². The number of nitrogens with one attached hydrogen (secondary N) is 1. The summed E-state index contributed by atoms with van der Waals surface area (Å²) in [5.41, 5.74) is 0. The maximum atomic E-state index is 12.4. The van der Waals surface area contributed by atoms with E-state index in [1.54, 1.807) is 0 Å². The van der Waals surface area contributed by atoms with E-state index in [9.17, 15) is 4.79 Å². The fourth-order valence-corrected chi connectivity index (χ4v) is 3.07. The average Bonchev–Trinajstić information content (AvgIpc) is 2.66. The van der Waals surface area contributed by atoms with Crippen molar-refractivity contribution in [2.24, 2.45) is 0 Å². The highest BCUT2D eigenvalue weighted by Crippen LogP contribution is 2.24. The SMILES string of the molecule is CNCCC1OCCN(C2CCCCCC2)C1=O. The van der Waals surface area contributed by atoms with Crippen molar-refractivity contribution in [1.82, 2.24) is 10.2 Å². The van der Waals surface area contributed by atoms with E-state index in [4.69, 9.17) is 4.74 Å². The van der Waals surface area contributed by atoms with Crippen molar-refractivity contribution < 1.29 is 9.53 Å². The Morgan fingerprint density at radius 3 is 2.67 bits per heavy atom. The summed E-state index contributed by atoms with van der Waals surface area (Å²) in [6.07, 6.45) is 8.16. The zero-order valence-corrected chi connectivity index (χ0v) is 11.5. The second kappa shape index (κ2) is 7.10. The van der Waals surface area contributed by atoms with Crippen molar-refractivity contribution >= 4 is 5.91 Å². The minimum absolute atomic E-state index is 0.213. The lowest BCUT2D eigenvalue weighted by atomic mass is 10.0. The maximum Gasteiger partial charge on any atom is 0.252 e. The molecule has 0 bridgehead atoms. The van der Waals surface area contributed by atoms with Crippen molar-refractivity contribution in [3.05, 3.63) is 0 Å². The first-order valence-electron chi connectivity index (χ1n) is 7.39. The summed E-state index contributed by atoms with van der Waals surface area (Å²) in [5.74, 6) is 0.225. The van der Waals surface area contributed by atoms with Crippen molar-refractivity contribution in [2.45, 2.75) is 57.1 Å². The summed E-state index contributed by atoms with van der Waals surface area (Å²) in [5, 5.41) is 3.09. The highest BCUT2D eigenvalue weighted by atomic mass is 16.5. The van der Waals surface area contributed by atoms with Crippen LogP contribution in [0.15, 0.2) is 0 Å². The molecule has 1 atom stereocenters. The van der Waals surface area contributed by atoms with Gasteiger partial charge in [0.2, 0.25) is 0 Å². The Morgan fingerprint density at radius 1 is 1.28 bits per heavy atom. The fraction of sp³-hybridized carbons (Fsp3) is 0.929. The first-order chi connectivity index (χ1) is 8.83. The normalized spacial score (nSPS) is 27.3. The third kappa shape index (κ3) is 3.45. The number of nitrogens with zero attached hydrogens (tertiary/aromatic N) is 1. The van der Waals surface area contributed by atoms with Crippen LogP contribution in [0.3, 0.4) is 0 Å². The number of carbonyl (C=O) groups is 1. The van der Waals surface area contributed by atoms with Crippen molar-refractivity contribution in [2.75, 3.05) is 26.7 Å². The van der Waals surface area contributed by atoms with Crippen molar-refractivity contribution in [3.8, 4) is 0 Å². The number of hydrogen-bond acceptors (Lipinski definition) is 3. The number of hydrogen-bond donors (Lipinski definition) is 1. The Balaban J connectivity index is 1.92. The van der Waals surface area contributed by atoms with E-state index in [0.29, 0.717) is 12.6 Å². The maximum absolute atomic E-state index is 12.4. The lowest BCUT2D eigenvalue weighted by Crippen LogP contribution is -2.52. The molecule has 0 aromatic heterocycles. The minimum Gasteiger partial charge on any atom is -0.366 e. The predicted molar refractivity (Wildman–Crippen MR) is 71.5 cm³/mol. The van der Waals surface area contributed by atoms with Gasteiger partial charge >= 0.3 is 0 Å². The van der Waals surface area contributed by atoms with E-state index in [1.807, 2.05) is 7.05 Å². The molecule has 0 spiro atoms. The van der Waals surface area contributed by atoms with Crippen LogP contribution in [0.1, 0.15) is 44.9 Å². The van der Waals surface area contributed by atoms with Gasteiger partial charge in [0.15, 0.2) is 0 Å². The number of morpholine rings is 1. The van der Waals surface area contributed by atoms with Gasteiger partial charge in [0, 0.05) is 12.6 Å². The van der Waals surface area contributed by atoms with Gasteiger partial charge in [0.05, 0.1) is 6.61 Å². The van der Waals surface area contributed by atoms with Crippen LogP contribution in [0.25, 0.3) is 0 Å². The molecule has 104 valence electrons. The summed E-state index contributed by atoms with van der Waals surface area (Å²) in [6.45, 7) is 2.34. The summed E-state index contributed by atoms with van der Waals surface area (Å²) >= 11 is 0. The number of carbonyl (C=O) groups excluding carboxylic acids is 1. The Bertz CT molecular complexity index is 263. The van der Waals surface area contributed by atoms with E-state index in [0.717, 1.165) is 19.5 Å². The number of ether oxygens (including phenoxy) is 1. The van der Waals surface area contributed by atoms with Gasteiger partial charge < -0.3 is 15.0 Å². The fourth-order valence-electron chi connectivity index (χ4n) is 3.07. The summed E-state index contributed by atoms with van der Waals surface area (Å²) in [7, 11) is 1.91. The molecule has 4 nitrogen and oxygen atoms in total. The van der Waals surface area contributed by atoms with E-state index >= 15 is 0 Å². The lowest BCUT2D eigenvalue weighted by Gasteiger charge is -2.38. The minimum atomic E-state index is -0.213. The molecule has 2 rings (SSSR count). The lowest BCUT2D eigenvalue weighted by molar-refractivity contribution is -0.156. The zero-order valence-electron chi connectivity index (χ0n) is 11.5. The second-order valence-corrected chi connectivity index (χ2v) is 5.43. The van der Waals surface area contributed by atoms with E-state index in [2.05, 4.69) is 10.2 Å². The monoisotopic (exact) mass is 254 g/mol. The van der Waals surface area contributed by atoms with Crippen LogP contribution < -0.4 is 5.32 Å². The quantitative estimate of drug-likeness (QED) is 0.774. The summed E-state index contributed by atoms with van der Waals surface area (Å²) < 4.78 is 5.61. The molecule has 1 saturated heterocycles. The molecule has 2 aliphatic rings. The Morgan fingerprint density at radius 2 is 2.00 bits per heavy atom. The van der Waals surface area contributed by atoms with Crippen molar-refractivity contribution in [1.29, 1.82) is 0 Å². The van der Waals surface area contributed by atoms with Crippen LogP contribution in [-0.4, -0.2) is 49.7 Å². The largest absolute Gasteiger partial charge is 0.366 e. The van der Waals surface area contributed by atoms with Crippen LogP contribution in [-0.2, 0) is 9.53 Å². The van der Waals surface area contributed by atoms with Crippen LogP contribution in [0.2, 0.25) is 0 Å². The van der Waals surface area contributed by atoms with Gasteiger partial charge in [-0.15, -0.1) is 0 Å². The molecule has 0 radical (unpaired) electrons. The zero-order chi connectivity index (χ0) is 12.8. The number of rotatable bonds is 4. The molecule has 1 heterocycles. The van der Waals surface area contributed by atoms with Gasteiger partial charge in [0.25, 0.3) is 5.91 Å². The van der Waals surface area contributed by atoms with E-state index in [1.165, 1.54) is 38.5 Å². The molecule has 4 heteroatoms. The average molecular weight is 254 g/mol. The predicted octanol–water partition coefficient (Wildman–Crippen LogP) is 1.55. The topological polar surface area (TPSA) is 41.6 Å². The van der Waals surface area contributed by atoms with Crippen LogP contribution in [0.4, 0.5) is 0 Å². The molecule has 1 N–H and O–H groups in total. The Kier molecular flexibility index (Phi) is 5.45. The first-order valence-corrected chi connectivity index (χ1v) is 7.39. The molecule has 1 saturated carbocycles. The molecule has 0 aromatic rings. The van der Waals surface area contributed by atoms with Gasteiger partial charge in [-0.25, -0.2) is 0 Å². The molecule has 0 aromatic carbocycles. The van der Waals surface area contributed by atoms with Crippen LogP contribution >= 0.6 is 0 Å². The summed E-state index contributed by atoms with van der Waals surface area (Å²) in [4.78, 5) is 14.5. The molecule has 1 aliphatic heterocycles. The molecular formula is C14H26N2O2. The highest BCUT2D eigenvalue weighted by Gasteiger charge is 2.33. The second-order valence-electron chi connectivity index (χ2n) is 5.43. The van der Waals surface area contributed by atoms with Gasteiger partial charge in [-0.05, 0) is 32.9 Å². The molecule has 1 amide bonds. The third-order valence-electron chi connectivity index (χ3n) is 4.13. The van der Waals surface area contributed by atoms with E-state index in [-0.39, 0.29) is 12.0 Å². The first kappa shape index (κ1) is 13.8. The van der Waals surface area contributed by atoms with Crippen LogP contribution in [0.5, 0.6) is 0 Å². The van der Waals surface area contributed by atoms with Gasteiger partial charge in [-0.1, -0.05) is 25.7 Å². The van der Waals surface area contributed by atoms with Gasteiger partial charge in [-0.2, -0.15) is 0 Å². The highest BCUT2D eigenvalue weighted by molar-refractivity contribution is 5.81. The molecule has 2 fully saturated rings. The molecule has 1 unspecified atom stereocenters. The Labute approximate surface area is 110 Å². The molecule has 18 heavy (non-hydrogen) atoms. The van der Waals surface area contributed by atoms with Crippen molar-refractivity contribution in [3.63, 3.8) is 0 Å². The van der Waals surface area contributed by atoms with Gasteiger partial charge in [-0.3, -0.25) is 4.79 Å². The number of amides is 1. The smallest absolute Gasteiger partial charge is 0.252 e. The van der Waals surface area contributed by atoms with E-state index < -0.39 is 0 Å².